The van der Waals surface area contributed by atoms with Crippen molar-refractivity contribution in [2.75, 3.05) is 38.0 Å². The molecule has 1 aliphatic carbocycles. The smallest absolute Gasteiger partial charge is 0.410 e. The molecule has 0 bridgehead atoms. The maximum Gasteiger partial charge on any atom is 0.410 e. The van der Waals surface area contributed by atoms with Gasteiger partial charge in [-0.25, -0.2) is 9.59 Å². The van der Waals surface area contributed by atoms with E-state index in [1.165, 1.54) is 12.8 Å². The Morgan fingerprint density at radius 2 is 1.59 bits per heavy atom. The summed E-state index contributed by atoms with van der Waals surface area (Å²) in [5.41, 5.74) is 0.665. The molecule has 1 heterocycles. The van der Waals surface area contributed by atoms with E-state index in [9.17, 15) is 14.4 Å². The van der Waals surface area contributed by atoms with Crippen LogP contribution >= 0.6 is 0 Å². The molecule has 1 aromatic carbocycles. The van der Waals surface area contributed by atoms with Crippen LogP contribution in [0.25, 0.3) is 0 Å². The minimum Gasteiger partial charge on any atom is -0.444 e. The molecule has 1 saturated heterocycles. The molecule has 2 fully saturated rings. The number of carbonyl (C=O) groups is 3. The third-order valence-electron chi connectivity index (χ3n) is 4.86. The summed E-state index contributed by atoms with van der Waals surface area (Å²) >= 11 is 0. The van der Waals surface area contributed by atoms with Crippen molar-refractivity contribution in [1.29, 1.82) is 0 Å². The van der Waals surface area contributed by atoms with Crippen LogP contribution in [0.4, 0.5) is 15.3 Å². The van der Waals surface area contributed by atoms with Gasteiger partial charge in [0.2, 0.25) is 0 Å². The number of hydrogen-bond acceptors (Lipinski definition) is 4. The van der Waals surface area contributed by atoms with E-state index in [-0.39, 0.29) is 18.0 Å². The largest absolute Gasteiger partial charge is 0.444 e. The number of ether oxygens (including phenoxy) is 1. The number of carbonyl (C=O) groups excluding carboxylic acids is 3. The Kier molecular flexibility index (Phi) is 6.30. The highest BCUT2D eigenvalue weighted by molar-refractivity contribution is 5.95. The second-order valence-corrected chi connectivity index (χ2v) is 8.62. The van der Waals surface area contributed by atoms with E-state index in [1.807, 2.05) is 20.8 Å². The number of nitrogens with one attached hydrogen (secondary N) is 2. The predicted octanol–water partition coefficient (Wildman–Crippen LogP) is 2.91. The number of urea groups is 1. The van der Waals surface area contributed by atoms with Crippen molar-refractivity contribution in [3.05, 3.63) is 29.8 Å². The standard InChI is InChI=1S/C21H30N4O4/c1-21(2,3)29-20(28)25-12-10-24(11-13-25)18(26)16-6-8-17(9-7-16)23-19(27)22-14-15-4-5-15/h6-9,15H,4-5,10-14H2,1-3H3,(H2,22,23,27). The van der Waals surface area contributed by atoms with Gasteiger partial charge in [0.05, 0.1) is 0 Å². The highest BCUT2D eigenvalue weighted by Gasteiger charge is 2.28. The molecule has 0 atom stereocenters. The van der Waals surface area contributed by atoms with Crippen molar-refractivity contribution in [2.24, 2.45) is 5.92 Å². The predicted molar refractivity (Wildman–Crippen MR) is 110 cm³/mol. The Morgan fingerprint density at radius 1 is 1.00 bits per heavy atom. The summed E-state index contributed by atoms with van der Waals surface area (Å²) in [6.07, 6.45) is 2.02. The van der Waals surface area contributed by atoms with Crippen LogP contribution in [0.3, 0.4) is 0 Å². The quantitative estimate of drug-likeness (QED) is 0.810. The van der Waals surface area contributed by atoms with E-state index in [0.29, 0.717) is 49.9 Å². The zero-order valence-electron chi connectivity index (χ0n) is 17.4. The van der Waals surface area contributed by atoms with E-state index < -0.39 is 5.60 Å². The first-order valence-electron chi connectivity index (χ1n) is 10.1. The lowest BCUT2D eigenvalue weighted by atomic mass is 10.1. The molecule has 1 saturated carbocycles. The van der Waals surface area contributed by atoms with Crippen LogP contribution in [0.1, 0.15) is 44.0 Å². The molecule has 1 aromatic rings. The zero-order chi connectivity index (χ0) is 21.0. The van der Waals surface area contributed by atoms with Gasteiger partial charge in [0, 0.05) is 44.0 Å². The van der Waals surface area contributed by atoms with Crippen molar-refractivity contribution in [1.82, 2.24) is 15.1 Å². The summed E-state index contributed by atoms with van der Waals surface area (Å²) in [5, 5.41) is 5.62. The van der Waals surface area contributed by atoms with E-state index in [2.05, 4.69) is 10.6 Å². The first-order valence-corrected chi connectivity index (χ1v) is 10.1. The number of amides is 4. The monoisotopic (exact) mass is 402 g/mol. The number of nitrogens with zero attached hydrogens (tertiary/aromatic N) is 2. The molecule has 2 N–H and O–H groups in total. The summed E-state index contributed by atoms with van der Waals surface area (Å²) in [6.45, 7) is 8.02. The van der Waals surface area contributed by atoms with Gasteiger partial charge in [-0.05, 0) is 63.8 Å². The SMILES string of the molecule is CC(C)(C)OC(=O)N1CCN(C(=O)c2ccc(NC(=O)NCC3CC3)cc2)CC1. The van der Waals surface area contributed by atoms with Gasteiger partial charge in [-0.3, -0.25) is 4.79 Å². The first kappa shape index (κ1) is 21.0. The third kappa shape index (κ3) is 6.37. The lowest BCUT2D eigenvalue weighted by molar-refractivity contribution is 0.0141. The van der Waals surface area contributed by atoms with Crippen molar-refractivity contribution >= 4 is 23.7 Å². The van der Waals surface area contributed by atoms with Gasteiger partial charge < -0.3 is 25.2 Å². The van der Waals surface area contributed by atoms with E-state index in [4.69, 9.17) is 4.74 Å². The molecule has 8 heteroatoms. The fourth-order valence-electron chi connectivity index (χ4n) is 3.03. The molecule has 0 aromatic heterocycles. The Balaban J connectivity index is 1.46. The molecular weight excluding hydrogens is 372 g/mol. The molecule has 158 valence electrons. The van der Waals surface area contributed by atoms with Gasteiger partial charge >= 0.3 is 12.1 Å². The van der Waals surface area contributed by atoms with Crippen LogP contribution in [-0.2, 0) is 4.74 Å². The lowest BCUT2D eigenvalue weighted by Gasteiger charge is -2.35. The van der Waals surface area contributed by atoms with Crippen molar-refractivity contribution in [3.8, 4) is 0 Å². The minimum absolute atomic E-state index is 0.0847. The molecule has 0 spiro atoms. The molecule has 29 heavy (non-hydrogen) atoms. The van der Waals surface area contributed by atoms with Gasteiger partial charge in [-0.1, -0.05) is 0 Å². The summed E-state index contributed by atoms with van der Waals surface area (Å²) in [4.78, 5) is 40.0. The fraction of sp³-hybridized carbons (Fsp3) is 0.571. The van der Waals surface area contributed by atoms with Crippen molar-refractivity contribution < 1.29 is 19.1 Å². The van der Waals surface area contributed by atoms with Gasteiger partial charge in [-0.2, -0.15) is 0 Å². The molecule has 8 nitrogen and oxygen atoms in total. The molecule has 3 rings (SSSR count). The van der Waals surface area contributed by atoms with Gasteiger partial charge in [0.25, 0.3) is 5.91 Å². The number of rotatable bonds is 4. The fourth-order valence-corrected chi connectivity index (χ4v) is 3.03. The van der Waals surface area contributed by atoms with Crippen LogP contribution in [0.5, 0.6) is 0 Å². The summed E-state index contributed by atoms with van der Waals surface area (Å²) < 4.78 is 5.38. The molecule has 0 radical (unpaired) electrons. The van der Waals surface area contributed by atoms with Crippen LogP contribution < -0.4 is 10.6 Å². The third-order valence-corrected chi connectivity index (χ3v) is 4.86. The Bertz CT molecular complexity index is 745. The van der Waals surface area contributed by atoms with E-state index in [1.54, 1.807) is 34.1 Å². The van der Waals surface area contributed by atoms with Gasteiger partial charge in [0.15, 0.2) is 0 Å². The van der Waals surface area contributed by atoms with Crippen LogP contribution in [0, 0.1) is 5.92 Å². The van der Waals surface area contributed by atoms with Gasteiger partial charge in [0.1, 0.15) is 5.60 Å². The van der Waals surface area contributed by atoms with Crippen LogP contribution in [0.15, 0.2) is 24.3 Å². The normalized spacial score (nSPS) is 16.9. The number of benzene rings is 1. The van der Waals surface area contributed by atoms with Gasteiger partial charge in [-0.15, -0.1) is 0 Å². The summed E-state index contributed by atoms with van der Waals surface area (Å²) in [5.74, 6) is 0.537. The average molecular weight is 402 g/mol. The molecule has 4 amide bonds. The summed E-state index contributed by atoms with van der Waals surface area (Å²) in [6, 6.07) is 6.63. The lowest BCUT2D eigenvalue weighted by Crippen LogP contribution is -2.51. The zero-order valence-corrected chi connectivity index (χ0v) is 17.4. The first-order chi connectivity index (χ1) is 13.7. The van der Waals surface area contributed by atoms with E-state index >= 15 is 0 Å². The topological polar surface area (TPSA) is 91.0 Å². The second kappa shape index (κ2) is 8.71. The van der Waals surface area contributed by atoms with Crippen molar-refractivity contribution in [2.45, 2.75) is 39.2 Å². The summed E-state index contributed by atoms with van der Waals surface area (Å²) in [7, 11) is 0. The molecule has 0 unspecified atom stereocenters. The minimum atomic E-state index is -0.533. The van der Waals surface area contributed by atoms with E-state index in [0.717, 1.165) is 0 Å². The Morgan fingerprint density at radius 3 is 2.14 bits per heavy atom. The Labute approximate surface area is 171 Å². The van der Waals surface area contributed by atoms with Crippen LogP contribution in [0.2, 0.25) is 0 Å². The number of anilines is 1. The maximum atomic E-state index is 12.7. The Hall–Kier alpha value is -2.77. The van der Waals surface area contributed by atoms with Crippen LogP contribution in [-0.4, -0.2) is 66.2 Å². The molecular formula is C21H30N4O4. The highest BCUT2D eigenvalue weighted by Crippen LogP contribution is 2.27. The molecule has 2 aliphatic rings. The molecule has 1 aliphatic heterocycles. The number of piperazine rings is 1. The second-order valence-electron chi connectivity index (χ2n) is 8.62. The maximum absolute atomic E-state index is 12.7. The average Bonchev–Trinajstić information content (AvgIpc) is 3.50. The number of hydrogen-bond donors (Lipinski definition) is 2. The highest BCUT2D eigenvalue weighted by atomic mass is 16.6. The van der Waals surface area contributed by atoms with Crippen molar-refractivity contribution in [3.63, 3.8) is 0 Å².